The fourth-order valence-electron chi connectivity index (χ4n) is 2.96. The average molecular weight is 455 g/mol. The maximum Gasteiger partial charge on any atom is 0.191 e. The first-order chi connectivity index (χ1) is 11.7. The van der Waals surface area contributed by atoms with Crippen molar-refractivity contribution in [3.63, 3.8) is 0 Å². The summed E-state index contributed by atoms with van der Waals surface area (Å²) in [4.78, 5) is 4.32. The van der Waals surface area contributed by atoms with Gasteiger partial charge in [-0.1, -0.05) is 44.2 Å². The molecule has 2 N–H and O–H groups in total. The largest absolute Gasteiger partial charge is 0.356 e. The van der Waals surface area contributed by atoms with E-state index in [2.05, 4.69) is 58.8 Å². The lowest BCUT2D eigenvalue weighted by molar-refractivity contribution is 0.702. The second kappa shape index (κ2) is 11.1. The van der Waals surface area contributed by atoms with Crippen LogP contribution >= 0.6 is 24.0 Å². The van der Waals surface area contributed by atoms with Crippen LogP contribution in [0.4, 0.5) is 0 Å². The summed E-state index contributed by atoms with van der Waals surface area (Å²) in [7, 11) is 3.83. The van der Waals surface area contributed by atoms with E-state index >= 15 is 0 Å². The molecule has 0 radical (unpaired) electrons. The van der Waals surface area contributed by atoms with Gasteiger partial charge in [0, 0.05) is 38.4 Å². The van der Waals surface area contributed by atoms with Crippen LogP contribution in [-0.2, 0) is 32.9 Å². The monoisotopic (exact) mass is 455 g/mol. The maximum atomic E-state index is 4.62. The summed E-state index contributed by atoms with van der Waals surface area (Å²) in [6.45, 7) is 5.94. The molecule has 138 valence electrons. The minimum absolute atomic E-state index is 0. The molecule has 0 spiro atoms. The van der Waals surface area contributed by atoms with Crippen molar-refractivity contribution in [2.45, 2.75) is 39.7 Å². The predicted octanol–water partition coefficient (Wildman–Crippen LogP) is 3.07. The Balaban J connectivity index is 0.00000312. The lowest BCUT2D eigenvalue weighted by atomic mass is 10.1. The van der Waals surface area contributed by atoms with Gasteiger partial charge in [0.2, 0.25) is 0 Å². The smallest absolute Gasteiger partial charge is 0.191 e. The Kier molecular flexibility index (Phi) is 9.55. The van der Waals surface area contributed by atoms with Gasteiger partial charge in [-0.05, 0) is 24.8 Å². The van der Waals surface area contributed by atoms with E-state index in [1.165, 1.54) is 22.5 Å². The molecule has 0 amide bonds. The van der Waals surface area contributed by atoms with Crippen molar-refractivity contribution >= 4 is 29.9 Å². The highest BCUT2D eigenvalue weighted by molar-refractivity contribution is 14.0. The summed E-state index contributed by atoms with van der Waals surface area (Å²) < 4.78 is 2.00. The zero-order valence-electron chi connectivity index (χ0n) is 15.7. The lowest BCUT2D eigenvalue weighted by Crippen LogP contribution is -2.38. The first-order valence-electron chi connectivity index (χ1n) is 8.71. The summed E-state index contributed by atoms with van der Waals surface area (Å²) in [6.07, 6.45) is 2.92. The van der Waals surface area contributed by atoms with Gasteiger partial charge in [0.05, 0.1) is 5.69 Å². The van der Waals surface area contributed by atoms with Gasteiger partial charge in [-0.15, -0.1) is 24.0 Å². The number of guanidine groups is 1. The third-order valence-electron chi connectivity index (χ3n) is 4.23. The van der Waals surface area contributed by atoms with Gasteiger partial charge in [-0.2, -0.15) is 5.10 Å². The maximum absolute atomic E-state index is 4.62. The first kappa shape index (κ1) is 21.5. The number of nitrogens with zero attached hydrogens (tertiary/aromatic N) is 3. The van der Waals surface area contributed by atoms with Crippen molar-refractivity contribution in [1.29, 1.82) is 0 Å². The summed E-state index contributed by atoms with van der Waals surface area (Å²) >= 11 is 0. The summed E-state index contributed by atoms with van der Waals surface area (Å²) in [5.74, 6) is 0.832. The minimum atomic E-state index is 0. The van der Waals surface area contributed by atoms with Gasteiger partial charge < -0.3 is 10.6 Å². The molecule has 2 rings (SSSR count). The van der Waals surface area contributed by atoms with Gasteiger partial charge in [0.1, 0.15) is 0 Å². The Hall–Kier alpha value is -1.57. The summed E-state index contributed by atoms with van der Waals surface area (Å²) in [6, 6.07) is 10.5. The van der Waals surface area contributed by atoms with Gasteiger partial charge in [0.15, 0.2) is 5.96 Å². The van der Waals surface area contributed by atoms with Crippen LogP contribution in [0, 0.1) is 0 Å². The van der Waals surface area contributed by atoms with Crippen molar-refractivity contribution in [1.82, 2.24) is 20.4 Å². The van der Waals surface area contributed by atoms with Crippen molar-refractivity contribution in [3.8, 4) is 0 Å². The highest BCUT2D eigenvalue weighted by Crippen LogP contribution is 2.15. The van der Waals surface area contributed by atoms with Crippen molar-refractivity contribution in [3.05, 3.63) is 52.8 Å². The Bertz CT molecular complexity index is 664. The molecule has 2 aromatic rings. The number of aryl methyl sites for hydroxylation is 2. The molecular weight excluding hydrogens is 425 g/mol. The zero-order chi connectivity index (χ0) is 17.4. The molecule has 0 atom stereocenters. The molecule has 0 unspecified atom stereocenters. The molecule has 6 heteroatoms. The Morgan fingerprint density at radius 2 is 1.84 bits per heavy atom. The molecule has 0 aliphatic carbocycles. The van der Waals surface area contributed by atoms with E-state index in [4.69, 9.17) is 0 Å². The lowest BCUT2D eigenvalue weighted by Gasteiger charge is -2.13. The van der Waals surface area contributed by atoms with Crippen LogP contribution in [0.15, 0.2) is 35.3 Å². The van der Waals surface area contributed by atoms with Crippen LogP contribution in [-0.4, -0.2) is 29.3 Å². The topological polar surface area (TPSA) is 54.2 Å². The standard InChI is InChI=1S/C19H29N5.HI/c1-5-17-16(18(6-2)24(4)23-17)14-22-19(20-3)21-13-12-15-10-8-7-9-11-15;/h7-11H,5-6,12-14H2,1-4H3,(H2,20,21,22);1H. The molecular formula is C19H30IN5. The van der Waals surface area contributed by atoms with Crippen LogP contribution in [0.2, 0.25) is 0 Å². The SMILES string of the molecule is CCc1nn(C)c(CC)c1CNC(=NC)NCCc1ccccc1.I. The van der Waals surface area contributed by atoms with E-state index < -0.39 is 0 Å². The van der Waals surface area contributed by atoms with E-state index in [-0.39, 0.29) is 24.0 Å². The number of hydrogen-bond donors (Lipinski definition) is 2. The van der Waals surface area contributed by atoms with Gasteiger partial charge in [-0.3, -0.25) is 9.67 Å². The number of aromatic nitrogens is 2. The van der Waals surface area contributed by atoms with Crippen LogP contribution in [0.3, 0.4) is 0 Å². The molecule has 0 saturated heterocycles. The van der Waals surface area contributed by atoms with Gasteiger partial charge >= 0.3 is 0 Å². The highest BCUT2D eigenvalue weighted by Gasteiger charge is 2.13. The van der Waals surface area contributed by atoms with Gasteiger partial charge in [0.25, 0.3) is 0 Å². The van der Waals surface area contributed by atoms with Crippen molar-refractivity contribution in [2.75, 3.05) is 13.6 Å². The second-order valence-electron chi connectivity index (χ2n) is 5.79. The van der Waals surface area contributed by atoms with E-state index in [0.29, 0.717) is 0 Å². The molecule has 1 heterocycles. The normalized spacial score (nSPS) is 11.1. The van der Waals surface area contributed by atoms with Gasteiger partial charge in [-0.25, -0.2) is 0 Å². The quantitative estimate of drug-likeness (QED) is 0.384. The van der Waals surface area contributed by atoms with Crippen molar-refractivity contribution < 1.29 is 0 Å². The van der Waals surface area contributed by atoms with Crippen LogP contribution in [0.1, 0.15) is 36.4 Å². The predicted molar refractivity (Wildman–Crippen MR) is 116 cm³/mol. The van der Waals surface area contributed by atoms with E-state index in [0.717, 1.165) is 38.3 Å². The third kappa shape index (κ3) is 6.02. The van der Waals surface area contributed by atoms with E-state index in [9.17, 15) is 0 Å². The number of benzene rings is 1. The number of nitrogens with one attached hydrogen (secondary N) is 2. The Morgan fingerprint density at radius 1 is 1.12 bits per heavy atom. The molecule has 0 fully saturated rings. The fraction of sp³-hybridized carbons (Fsp3) is 0.474. The van der Waals surface area contributed by atoms with E-state index in [1.807, 2.05) is 24.8 Å². The molecule has 0 aliphatic heterocycles. The second-order valence-corrected chi connectivity index (χ2v) is 5.79. The minimum Gasteiger partial charge on any atom is -0.356 e. The highest BCUT2D eigenvalue weighted by atomic mass is 127. The molecule has 0 saturated carbocycles. The molecule has 25 heavy (non-hydrogen) atoms. The average Bonchev–Trinajstić information content (AvgIpc) is 2.93. The third-order valence-corrected chi connectivity index (χ3v) is 4.23. The molecule has 1 aromatic heterocycles. The van der Waals surface area contributed by atoms with E-state index in [1.54, 1.807) is 0 Å². The molecule has 5 nitrogen and oxygen atoms in total. The number of hydrogen-bond acceptors (Lipinski definition) is 2. The fourth-order valence-corrected chi connectivity index (χ4v) is 2.96. The van der Waals surface area contributed by atoms with Crippen LogP contribution < -0.4 is 10.6 Å². The molecule has 1 aromatic carbocycles. The van der Waals surface area contributed by atoms with Crippen LogP contribution in [0.25, 0.3) is 0 Å². The summed E-state index contributed by atoms with van der Waals surface area (Å²) in [5.41, 5.74) is 5.09. The van der Waals surface area contributed by atoms with Crippen molar-refractivity contribution in [2.24, 2.45) is 12.0 Å². The number of aliphatic imine (C=N–C) groups is 1. The molecule has 0 aliphatic rings. The zero-order valence-corrected chi connectivity index (χ0v) is 18.0. The Labute approximate surface area is 168 Å². The number of rotatable bonds is 7. The van der Waals surface area contributed by atoms with Crippen LogP contribution in [0.5, 0.6) is 0 Å². The number of halogens is 1. The molecule has 0 bridgehead atoms. The first-order valence-corrected chi connectivity index (χ1v) is 8.71. The summed E-state index contributed by atoms with van der Waals surface area (Å²) in [5, 5.41) is 11.4. The Morgan fingerprint density at radius 3 is 2.44 bits per heavy atom.